The number of hydrogen-bond donors (Lipinski definition) is 1. The Morgan fingerprint density at radius 1 is 1.29 bits per heavy atom. The van der Waals surface area contributed by atoms with Crippen molar-refractivity contribution in [1.82, 2.24) is 0 Å². The molecule has 0 saturated heterocycles. The first-order valence-electron chi connectivity index (χ1n) is 5.48. The highest BCUT2D eigenvalue weighted by Gasteiger charge is 2.32. The van der Waals surface area contributed by atoms with Crippen LogP contribution < -0.4 is 5.32 Å². The number of nitriles is 1. The van der Waals surface area contributed by atoms with Gasteiger partial charge in [0.2, 0.25) is 0 Å². The minimum atomic E-state index is -4.68. The van der Waals surface area contributed by atoms with Crippen LogP contribution in [0.1, 0.15) is 21.5 Å². The van der Waals surface area contributed by atoms with Crippen molar-refractivity contribution in [2.24, 2.45) is 0 Å². The van der Waals surface area contributed by atoms with Gasteiger partial charge in [0.05, 0.1) is 16.7 Å². The molecule has 1 aromatic carbocycles. The molecule has 0 aliphatic heterocycles. The Morgan fingerprint density at radius 2 is 2.00 bits per heavy atom. The summed E-state index contributed by atoms with van der Waals surface area (Å²) in [4.78, 5) is 11.9. The number of anilines is 1. The molecule has 0 radical (unpaired) electrons. The molecule has 8 heteroatoms. The second-order valence-corrected chi connectivity index (χ2v) is 4.84. The van der Waals surface area contributed by atoms with Crippen molar-refractivity contribution in [2.75, 3.05) is 5.32 Å². The maximum atomic E-state index is 13.5. The third-order valence-electron chi connectivity index (χ3n) is 2.55. The zero-order chi connectivity index (χ0) is 15.6. The molecule has 0 aliphatic rings. The molecule has 1 heterocycles. The second kappa shape index (κ2) is 5.54. The predicted molar refractivity (Wildman–Crippen MR) is 68.4 cm³/mol. The van der Waals surface area contributed by atoms with Gasteiger partial charge in [-0.1, -0.05) is 0 Å². The zero-order valence-electron chi connectivity index (χ0n) is 10.2. The fraction of sp³-hybridized carbons (Fsp3) is 0.0769. The van der Waals surface area contributed by atoms with Gasteiger partial charge >= 0.3 is 6.18 Å². The maximum absolute atomic E-state index is 13.5. The summed E-state index contributed by atoms with van der Waals surface area (Å²) in [6.45, 7) is 0. The molecule has 1 amide bonds. The van der Waals surface area contributed by atoms with E-state index in [-0.39, 0.29) is 10.6 Å². The molecule has 0 saturated carbocycles. The number of benzene rings is 1. The highest BCUT2D eigenvalue weighted by molar-refractivity contribution is 7.14. The molecule has 0 atom stereocenters. The van der Waals surface area contributed by atoms with Crippen LogP contribution in [0.5, 0.6) is 0 Å². The zero-order valence-corrected chi connectivity index (χ0v) is 11.0. The fourth-order valence-corrected chi connectivity index (χ4v) is 2.27. The van der Waals surface area contributed by atoms with Gasteiger partial charge in [0.15, 0.2) is 0 Å². The smallest absolute Gasteiger partial charge is 0.312 e. The number of alkyl halides is 3. The number of rotatable bonds is 2. The van der Waals surface area contributed by atoms with E-state index in [2.05, 4.69) is 5.32 Å². The van der Waals surface area contributed by atoms with Crippen LogP contribution in [-0.2, 0) is 6.18 Å². The number of hydrogen-bond acceptors (Lipinski definition) is 3. The Morgan fingerprint density at radius 3 is 2.62 bits per heavy atom. The van der Waals surface area contributed by atoms with Crippen molar-refractivity contribution in [3.05, 3.63) is 52.2 Å². The Balaban J connectivity index is 2.34. The van der Waals surface area contributed by atoms with E-state index in [1.54, 1.807) is 6.07 Å². The lowest BCUT2D eigenvalue weighted by Crippen LogP contribution is -2.15. The molecule has 0 spiro atoms. The van der Waals surface area contributed by atoms with Crippen molar-refractivity contribution < 1.29 is 22.4 Å². The van der Waals surface area contributed by atoms with Crippen molar-refractivity contribution in [3.63, 3.8) is 0 Å². The maximum Gasteiger partial charge on any atom is 0.416 e. The summed E-state index contributed by atoms with van der Waals surface area (Å²) in [7, 11) is 0. The fourth-order valence-electron chi connectivity index (χ4n) is 1.54. The van der Waals surface area contributed by atoms with E-state index < -0.39 is 29.0 Å². The second-order valence-electron chi connectivity index (χ2n) is 3.92. The Labute approximate surface area is 120 Å². The predicted octanol–water partition coefficient (Wildman–Crippen LogP) is 4.03. The minimum absolute atomic E-state index is 0.152. The summed E-state index contributed by atoms with van der Waals surface area (Å²) >= 11 is 1.01. The van der Waals surface area contributed by atoms with Gasteiger partial charge in [0.1, 0.15) is 16.9 Å². The molecule has 1 N–H and O–H groups in total. The lowest BCUT2D eigenvalue weighted by molar-refractivity contribution is -0.137. The average molecular weight is 314 g/mol. The molecular formula is C13H6F4N2OS. The largest absolute Gasteiger partial charge is 0.416 e. The molecular weight excluding hydrogens is 308 g/mol. The van der Waals surface area contributed by atoms with Gasteiger partial charge in [-0.05, 0) is 29.6 Å². The van der Waals surface area contributed by atoms with E-state index in [4.69, 9.17) is 5.26 Å². The Bertz CT molecular complexity index is 731. The molecule has 1 aromatic heterocycles. The molecule has 21 heavy (non-hydrogen) atoms. The topological polar surface area (TPSA) is 52.9 Å². The first-order valence-corrected chi connectivity index (χ1v) is 6.36. The van der Waals surface area contributed by atoms with E-state index >= 15 is 0 Å². The first kappa shape index (κ1) is 15.0. The number of halogens is 4. The molecule has 0 unspecified atom stereocenters. The number of thiophene rings is 1. The monoisotopic (exact) mass is 314 g/mol. The van der Waals surface area contributed by atoms with Crippen molar-refractivity contribution >= 4 is 22.2 Å². The van der Waals surface area contributed by atoms with E-state index in [0.29, 0.717) is 18.2 Å². The van der Waals surface area contributed by atoms with Gasteiger partial charge in [-0.15, -0.1) is 11.3 Å². The lowest BCUT2D eigenvalue weighted by Gasteiger charge is -2.09. The van der Waals surface area contributed by atoms with Gasteiger partial charge in [0.25, 0.3) is 5.91 Å². The lowest BCUT2D eigenvalue weighted by atomic mass is 10.1. The van der Waals surface area contributed by atoms with Crippen molar-refractivity contribution in [1.29, 1.82) is 5.26 Å². The molecule has 2 rings (SSSR count). The van der Waals surface area contributed by atoms with E-state index in [1.807, 2.05) is 0 Å². The summed E-state index contributed by atoms with van der Waals surface area (Å²) in [5, 5.41) is 12.7. The highest BCUT2D eigenvalue weighted by atomic mass is 32.1. The molecule has 0 bridgehead atoms. The molecule has 0 fully saturated rings. The van der Waals surface area contributed by atoms with Crippen molar-refractivity contribution in [3.8, 4) is 6.07 Å². The third-order valence-corrected chi connectivity index (χ3v) is 3.38. The van der Waals surface area contributed by atoms with Gasteiger partial charge in [-0.25, -0.2) is 4.39 Å². The number of nitrogens with zero attached hydrogens (tertiary/aromatic N) is 1. The van der Waals surface area contributed by atoms with Crippen LogP contribution in [0, 0.1) is 17.1 Å². The molecule has 2 aromatic rings. The first-order chi connectivity index (χ1) is 9.82. The average Bonchev–Trinajstić information content (AvgIpc) is 2.84. The van der Waals surface area contributed by atoms with Gasteiger partial charge in [0, 0.05) is 0 Å². The van der Waals surface area contributed by atoms with Gasteiger partial charge in [-0.3, -0.25) is 4.79 Å². The quantitative estimate of drug-likeness (QED) is 0.851. The summed E-state index contributed by atoms with van der Waals surface area (Å²) in [5.41, 5.74) is -1.71. The molecule has 108 valence electrons. The number of carbonyl (C=O) groups is 1. The molecule has 3 nitrogen and oxygen atoms in total. The van der Waals surface area contributed by atoms with E-state index in [1.165, 1.54) is 11.4 Å². The van der Waals surface area contributed by atoms with E-state index in [9.17, 15) is 22.4 Å². The highest BCUT2D eigenvalue weighted by Crippen LogP contribution is 2.31. The number of carbonyl (C=O) groups excluding carboxylic acids is 1. The number of amides is 1. The summed E-state index contributed by atoms with van der Waals surface area (Å²) in [6, 6.07) is 4.81. The summed E-state index contributed by atoms with van der Waals surface area (Å²) in [5.74, 6) is -2.12. The van der Waals surface area contributed by atoms with Crippen LogP contribution in [-0.4, -0.2) is 5.91 Å². The van der Waals surface area contributed by atoms with Crippen LogP contribution >= 0.6 is 11.3 Å². The Hall–Kier alpha value is -2.40. The minimum Gasteiger partial charge on any atom is -0.312 e. The number of nitrogens with one attached hydrogen (secondary N) is 1. The third kappa shape index (κ3) is 3.20. The molecule has 0 aliphatic carbocycles. The van der Waals surface area contributed by atoms with Gasteiger partial charge < -0.3 is 5.32 Å². The normalized spacial score (nSPS) is 11.0. The van der Waals surface area contributed by atoms with Crippen LogP contribution in [0.25, 0.3) is 0 Å². The summed E-state index contributed by atoms with van der Waals surface area (Å²) in [6.07, 6.45) is -4.68. The van der Waals surface area contributed by atoms with Crippen LogP contribution in [0.2, 0.25) is 0 Å². The van der Waals surface area contributed by atoms with Gasteiger partial charge in [-0.2, -0.15) is 18.4 Å². The van der Waals surface area contributed by atoms with Crippen LogP contribution in [0.3, 0.4) is 0 Å². The van der Waals surface area contributed by atoms with Crippen LogP contribution in [0.4, 0.5) is 22.6 Å². The van der Waals surface area contributed by atoms with Crippen molar-refractivity contribution in [2.45, 2.75) is 6.18 Å². The Kier molecular flexibility index (Phi) is 3.95. The van der Waals surface area contributed by atoms with Crippen LogP contribution in [0.15, 0.2) is 29.6 Å². The SMILES string of the molecule is N#Cc1ccsc1NC(=O)c1cc(C(F)(F)F)ccc1F. The standard InChI is InChI=1S/C13H6F4N2OS/c14-10-2-1-8(13(15,16)17)5-9(10)11(20)19-12-7(6-18)3-4-21-12/h1-5H,(H,19,20). The summed E-state index contributed by atoms with van der Waals surface area (Å²) < 4.78 is 51.2. The van der Waals surface area contributed by atoms with E-state index in [0.717, 1.165) is 11.3 Å².